The summed E-state index contributed by atoms with van der Waals surface area (Å²) in [5, 5.41) is 3.48. The van der Waals surface area contributed by atoms with Crippen LogP contribution in [0.4, 0.5) is 0 Å². The minimum atomic E-state index is 0.104. The molecule has 0 amide bonds. The maximum Gasteiger partial charge on any atom is 0.120 e. The summed E-state index contributed by atoms with van der Waals surface area (Å²) in [5.41, 5.74) is 2.42. The predicted octanol–water partition coefficient (Wildman–Crippen LogP) is 4.68. The molecule has 1 N–H and O–H groups in total. The zero-order valence-electron chi connectivity index (χ0n) is 12.3. The molecular formula is C16H24BrNO. The summed E-state index contributed by atoms with van der Waals surface area (Å²) >= 11 is 3.58. The third-order valence-corrected chi connectivity index (χ3v) is 3.54. The van der Waals surface area contributed by atoms with Gasteiger partial charge in [-0.15, -0.1) is 0 Å². The molecule has 0 saturated heterocycles. The fraction of sp³-hybridized carbons (Fsp3) is 0.500. The summed E-state index contributed by atoms with van der Waals surface area (Å²) in [6, 6.07) is 6.09. The summed E-state index contributed by atoms with van der Waals surface area (Å²) in [7, 11) is 0. The molecule has 2 nitrogen and oxygen atoms in total. The van der Waals surface area contributed by atoms with Gasteiger partial charge in [0.15, 0.2) is 0 Å². The Morgan fingerprint density at radius 2 is 2.05 bits per heavy atom. The molecule has 106 valence electrons. The first kappa shape index (κ1) is 16.3. The molecule has 0 atom stereocenters. The van der Waals surface area contributed by atoms with Gasteiger partial charge in [-0.3, -0.25) is 0 Å². The summed E-state index contributed by atoms with van der Waals surface area (Å²) in [4.78, 5) is 0. The van der Waals surface area contributed by atoms with E-state index in [0.717, 1.165) is 28.8 Å². The standard InChI is InChI=1S/C16H24BrNO/c1-6-12(2)11-19-14-7-8-15(17)13(9-14)10-18-16(3,4)5/h7-9,18H,2,6,10-11H2,1,3-5H3. The number of ether oxygens (including phenoxy) is 1. The van der Waals surface area contributed by atoms with Crippen molar-refractivity contribution in [1.29, 1.82) is 0 Å². The lowest BCUT2D eigenvalue weighted by molar-refractivity contribution is 0.348. The number of halogens is 1. The Bertz CT molecular complexity index is 435. The minimum absolute atomic E-state index is 0.104. The van der Waals surface area contributed by atoms with Crippen molar-refractivity contribution in [1.82, 2.24) is 5.32 Å². The van der Waals surface area contributed by atoms with E-state index in [0.29, 0.717) is 6.61 Å². The van der Waals surface area contributed by atoms with E-state index >= 15 is 0 Å². The Hall–Kier alpha value is -0.800. The van der Waals surface area contributed by atoms with Gasteiger partial charge >= 0.3 is 0 Å². The van der Waals surface area contributed by atoms with Crippen molar-refractivity contribution in [2.45, 2.75) is 46.2 Å². The second-order valence-corrected chi connectivity index (χ2v) is 6.60. The number of nitrogens with one attached hydrogen (secondary N) is 1. The topological polar surface area (TPSA) is 21.3 Å². The third-order valence-electron chi connectivity index (χ3n) is 2.77. The average molecular weight is 326 g/mol. The van der Waals surface area contributed by atoms with E-state index in [2.05, 4.69) is 61.6 Å². The molecule has 0 saturated carbocycles. The molecule has 0 fully saturated rings. The van der Waals surface area contributed by atoms with E-state index in [-0.39, 0.29) is 5.54 Å². The van der Waals surface area contributed by atoms with Gasteiger partial charge < -0.3 is 10.1 Å². The monoisotopic (exact) mass is 325 g/mol. The van der Waals surface area contributed by atoms with Crippen LogP contribution in [0.3, 0.4) is 0 Å². The van der Waals surface area contributed by atoms with Crippen LogP contribution in [0.5, 0.6) is 5.75 Å². The highest BCUT2D eigenvalue weighted by Crippen LogP contribution is 2.23. The van der Waals surface area contributed by atoms with Crippen molar-refractivity contribution >= 4 is 15.9 Å². The Morgan fingerprint density at radius 1 is 1.37 bits per heavy atom. The van der Waals surface area contributed by atoms with E-state index in [9.17, 15) is 0 Å². The fourth-order valence-corrected chi connectivity index (χ4v) is 1.81. The molecule has 0 bridgehead atoms. The highest BCUT2D eigenvalue weighted by molar-refractivity contribution is 9.10. The predicted molar refractivity (Wildman–Crippen MR) is 85.7 cm³/mol. The highest BCUT2D eigenvalue weighted by atomic mass is 79.9. The van der Waals surface area contributed by atoms with Gasteiger partial charge in [0.2, 0.25) is 0 Å². The van der Waals surface area contributed by atoms with Crippen LogP contribution in [0.1, 0.15) is 39.7 Å². The van der Waals surface area contributed by atoms with E-state index in [4.69, 9.17) is 4.74 Å². The van der Waals surface area contributed by atoms with Crippen LogP contribution in [0, 0.1) is 0 Å². The quantitative estimate of drug-likeness (QED) is 0.766. The zero-order chi connectivity index (χ0) is 14.5. The second kappa shape index (κ2) is 7.11. The lowest BCUT2D eigenvalue weighted by Gasteiger charge is -2.21. The van der Waals surface area contributed by atoms with Gasteiger partial charge in [0.05, 0.1) is 0 Å². The average Bonchev–Trinajstić information content (AvgIpc) is 2.34. The maximum atomic E-state index is 5.74. The maximum absolute atomic E-state index is 5.74. The Morgan fingerprint density at radius 3 is 2.63 bits per heavy atom. The number of hydrogen-bond acceptors (Lipinski definition) is 2. The van der Waals surface area contributed by atoms with Crippen LogP contribution >= 0.6 is 15.9 Å². The van der Waals surface area contributed by atoms with Crippen molar-refractivity contribution in [3.8, 4) is 5.75 Å². The molecule has 3 heteroatoms. The molecule has 1 rings (SSSR count). The van der Waals surface area contributed by atoms with Gasteiger partial charge in [0.1, 0.15) is 12.4 Å². The summed E-state index contributed by atoms with van der Waals surface area (Å²) < 4.78 is 6.84. The van der Waals surface area contributed by atoms with Crippen molar-refractivity contribution in [3.05, 3.63) is 40.4 Å². The Kier molecular flexibility index (Phi) is 6.08. The summed E-state index contributed by atoms with van der Waals surface area (Å²) in [5.74, 6) is 0.892. The third kappa shape index (κ3) is 6.26. The lowest BCUT2D eigenvalue weighted by Crippen LogP contribution is -2.35. The molecule has 0 unspecified atom stereocenters. The first-order valence-corrected chi connectivity index (χ1v) is 7.44. The number of hydrogen-bond donors (Lipinski definition) is 1. The van der Waals surface area contributed by atoms with Crippen molar-refractivity contribution in [2.75, 3.05) is 6.61 Å². The molecular weight excluding hydrogens is 302 g/mol. The van der Waals surface area contributed by atoms with Gasteiger partial charge in [-0.2, -0.15) is 0 Å². The van der Waals surface area contributed by atoms with Crippen molar-refractivity contribution < 1.29 is 4.74 Å². The van der Waals surface area contributed by atoms with Gasteiger partial charge in [-0.1, -0.05) is 29.4 Å². The van der Waals surface area contributed by atoms with Crippen LogP contribution in [0.2, 0.25) is 0 Å². The van der Waals surface area contributed by atoms with E-state index in [1.165, 1.54) is 5.56 Å². The second-order valence-electron chi connectivity index (χ2n) is 5.75. The molecule has 1 aromatic rings. The zero-order valence-corrected chi connectivity index (χ0v) is 13.9. The normalized spacial score (nSPS) is 11.4. The molecule has 0 spiro atoms. The Balaban J connectivity index is 2.68. The molecule has 0 radical (unpaired) electrons. The van der Waals surface area contributed by atoms with Crippen molar-refractivity contribution in [2.24, 2.45) is 0 Å². The van der Waals surface area contributed by atoms with E-state index in [1.807, 2.05) is 12.1 Å². The highest BCUT2D eigenvalue weighted by Gasteiger charge is 2.10. The van der Waals surface area contributed by atoms with Crippen molar-refractivity contribution in [3.63, 3.8) is 0 Å². The smallest absolute Gasteiger partial charge is 0.120 e. The largest absolute Gasteiger partial charge is 0.489 e. The summed E-state index contributed by atoms with van der Waals surface area (Å²) in [6.07, 6.45) is 0.953. The van der Waals surface area contributed by atoms with E-state index in [1.54, 1.807) is 0 Å². The van der Waals surface area contributed by atoms with Crippen LogP contribution in [0.15, 0.2) is 34.8 Å². The van der Waals surface area contributed by atoms with E-state index < -0.39 is 0 Å². The number of benzene rings is 1. The van der Waals surface area contributed by atoms with Crippen LogP contribution in [-0.2, 0) is 6.54 Å². The van der Waals surface area contributed by atoms with Gasteiger partial charge in [-0.05, 0) is 56.5 Å². The molecule has 0 aliphatic heterocycles. The Labute approximate surface area is 125 Å². The molecule has 1 aromatic carbocycles. The van der Waals surface area contributed by atoms with Crippen LogP contribution in [-0.4, -0.2) is 12.1 Å². The minimum Gasteiger partial charge on any atom is -0.489 e. The molecule has 0 aliphatic carbocycles. The van der Waals surface area contributed by atoms with Crippen LogP contribution in [0.25, 0.3) is 0 Å². The van der Waals surface area contributed by atoms with Crippen LogP contribution < -0.4 is 10.1 Å². The molecule has 19 heavy (non-hydrogen) atoms. The first-order valence-electron chi connectivity index (χ1n) is 6.64. The van der Waals surface area contributed by atoms with Gasteiger partial charge in [0, 0.05) is 16.6 Å². The molecule has 0 aromatic heterocycles. The lowest BCUT2D eigenvalue weighted by atomic mass is 10.1. The first-order chi connectivity index (χ1) is 8.81. The molecule has 0 heterocycles. The fourth-order valence-electron chi connectivity index (χ4n) is 1.42. The number of rotatable bonds is 6. The SMILES string of the molecule is C=C(CC)COc1ccc(Br)c(CNC(C)(C)C)c1. The molecule has 0 aliphatic rings. The van der Waals surface area contributed by atoms with Gasteiger partial charge in [-0.25, -0.2) is 0 Å². The summed E-state index contributed by atoms with van der Waals surface area (Å²) in [6.45, 7) is 13.9. The van der Waals surface area contributed by atoms with Gasteiger partial charge in [0.25, 0.3) is 0 Å².